The van der Waals surface area contributed by atoms with Gasteiger partial charge in [-0.25, -0.2) is 18.4 Å². The molecule has 1 aliphatic heterocycles. The Labute approximate surface area is 128 Å². The molecule has 0 bridgehead atoms. The van der Waals surface area contributed by atoms with Gasteiger partial charge in [-0.05, 0) is 13.3 Å². The number of carboxylic acid groups (broad SMARTS) is 1. The molecular formula is C12H20N2O7S. The fourth-order valence-corrected chi connectivity index (χ4v) is 3.33. The minimum Gasteiger partial charge on any atom is -0.480 e. The van der Waals surface area contributed by atoms with Crippen LogP contribution < -0.4 is 5.14 Å². The van der Waals surface area contributed by atoms with Crippen molar-refractivity contribution in [3.63, 3.8) is 0 Å². The molecule has 2 atom stereocenters. The van der Waals surface area contributed by atoms with Gasteiger partial charge >= 0.3 is 11.9 Å². The van der Waals surface area contributed by atoms with Crippen LogP contribution in [0.1, 0.15) is 26.2 Å². The number of carbonyl (C=O) groups excluding carboxylic acids is 2. The number of primary sulfonamides is 1. The zero-order valence-corrected chi connectivity index (χ0v) is 13.0. The molecule has 0 aromatic rings. The van der Waals surface area contributed by atoms with Crippen molar-refractivity contribution in [1.29, 1.82) is 0 Å². The fourth-order valence-electron chi connectivity index (χ4n) is 2.45. The number of aliphatic carboxylic acids is 1. The van der Waals surface area contributed by atoms with Crippen LogP contribution in [0.2, 0.25) is 0 Å². The molecule has 0 spiro atoms. The van der Waals surface area contributed by atoms with E-state index in [9.17, 15) is 27.9 Å². The van der Waals surface area contributed by atoms with Gasteiger partial charge in [0.25, 0.3) is 0 Å². The lowest BCUT2D eigenvalue weighted by Crippen LogP contribution is -2.43. The average molecular weight is 336 g/mol. The van der Waals surface area contributed by atoms with Crippen LogP contribution in [0.25, 0.3) is 0 Å². The zero-order chi connectivity index (χ0) is 16.9. The zero-order valence-electron chi connectivity index (χ0n) is 12.2. The molecule has 1 heterocycles. The number of esters is 1. The van der Waals surface area contributed by atoms with Crippen LogP contribution in [-0.4, -0.2) is 61.2 Å². The van der Waals surface area contributed by atoms with E-state index in [4.69, 9.17) is 9.88 Å². The van der Waals surface area contributed by atoms with E-state index in [1.165, 1.54) is 0 Å². The Morgan fingerprint density at radius 3 is 2.64 bits per heavy atom. The van der Waals surface area contributed by atoms with Crippen molar-refractivity contribution in [1.82, 2.24) is 4.90 Å². The van der Waals surface area contributed by atoms with Crippen molar-refractivity contribution < 1.29 is 32.6 Å². The number of carbonyl (C=O) groups is 3. The molecule has 0 aliphatic carbocycles. The van der Waals surface area contributed by atoms with Crippen LogP contribution in [0.4, 0.5) is 0 Å². The molecule has 1 fully saturated rings. The highest BCUT2D eigenvalue weighted by atomic mass is 32.2. The molecule has 9 nitrogen and oxygen atoms in total. The maximum atomic E-state index is 11.9. The highest BCUT2D eigenvalue weighted by Crippen LogP contribution is 2.23. The lowest BCUT2D eigenvalue weighted by molar-refractivity contribution is -0.150. The quantitative estimate of drug-likeness (QED) is 0.536. The van der Waals surface area contributed by atoms with E-state index >= 15 is 0 Å². The highest BCUT2D eigenvalue weighted by molar-refractivity contribution is 7.89. The fraction of sp³-hybridized carbons (Fsp3) is 0.750. The number of carboxylic acids is 1. The van der Waals surface area contributed by atoms with Crippen LogP contribution >= 0.6 is 0 Å². The summed E-state index contributed by atoms with van der Waals surface area (Å²) in [5, 5.41) is 14.2. The normalized spacial score (nSPS) is 20.0. The molecule has 126 valence electrons. The van der Waals surface area contributed by atoms with Gasteiger partial charge in [-0.1, -0.05) is 0 Å². The van der Waals surface area contributed by atoms with E-state index in [2.05, 4.69) is 0 Å². The number of nitrogens with two attached hydrogens (primary N) is 1. The number of amides is 1. The molecule has 1 saturated heterocycles. The topological polar surface area (TPSA) is 144 Å². The summed E-state index contributed by atoms with van der Waals surface area (Å²) in [5.74, 6) is -3.15. The van der Waals surface area contributed by atoms with Crippen LogP contribution in [0.15, 0.2) is 0 Å². The predicted octanol–water partition coefficient (Wildman–Crippen LogP) is -1.08. The van der Waals surface area contributed by atoms with Crippen molar-refractivity contribution in [3.8, 4) is 0 Å². The summed E-state index contributed by atoms with van der Waals surface area (Å²) < 4.78 is 26.8. The lowest BCUT2D eigenvalue weighted by atomic mass is 10.1. The van der Waals surface area contributed by atoms with Gasteiger partial charge in [0.15, 0.2) is 0 Å². The molecular weight excluding hydrogens is 316 g/mol. The Morgan fingerprint density at radius 1 is 1.50 bits per heavy atom. The first-order chi connectivity index (χ1) is 10.1. The van der Waals surface area contributed by atoms with E-state index in [1.54, 1.807) is 6.92 Å². The Balaban J connectivity index is 2.69. The van der Waals surface area contributed by atoms with E-state index in [0.29, 0.717) is 0 Å². The molecule has 22 heavy (non-hydrogen) atoms. The first kappa shape index (κ1) is 18.4. The number of sulfonamides is 1. The van der Waals surface area contributed by atoms with Gasteiger partial charge < -0.3 is 14.7 Å². The van der Waals surface area contributed by atoms with Crippen molar-refractivity contribution in [3.05, 3.63) is 0 Å². The number of hydrogen-bond acceptors (Lipinski definition) is 6. The Bertz CT molecular complexity index is 546. The summed E-state index contributed by atoms with van der Waals surface area (Å²) in [7, 11) is -3.73. The number of nitrogens with zero attached hydrogens (tertiary/aromatic N) is 1. The molecule has 10 heteroatoms. The monoisotopic (exact) mass is 336 g/mol. The van der Waals surface area contributed by atoms with Crippen molar-refractivity contribution in [2.75, 3.05) is 18.9 Å². The number of rotatable bonds is 8. The maximum Gasteiger partial charge on any atom is 0.326 e. The third-order valence-corrected chi connectivity index (χ3v) is 4.23. The van der Waals surface area contributed by atoms with Gasteiger partial charge in [0, 0.05) is 25.3 Å². The summed E-state index contributed by atoms with van der Waals surface area (Å²) in [6.07, 6.45) is -0.282. The SMILES string of the molecule is CCOC(=O)CC[C@@H](C(=O)O)N1CC(CS(N)(=O)=O)CC1=O. The summed E-state index contributed by atoms with van der Waals surface area (Å²) in [4.78, 5) is 35.6. The van der Waals surface area contributed by atoms with E-state index in [0.717, 1.165) is 4.90 Å². The van der Waals surface area contributed by atoms with Crippen LogP contribution in [0.3, 0.4) is 0 Å². The van der Waals surface area contributed by atoms with Gasteiger partial charge in [-0.2, -0.15) is 0 Å². The van der Waals surface area contributed by atoms with Crippen LogP contribution in [-0.2, 0) is 29.1 Å². The highest BCUT2D eigenvalue weighted by Gasteiger charge is 2.38. The average Bonchev–Trinajstić information content (AvgIpc) is 2.68. The van der Waals surface area contributed by atoms with E-state index in [-0.39, 0.29) is 38.2 Å². The molecule has 0 saturated carbocycles. The first-order valence-corrected chi connectivity index (χ1v) is 8.54. The third kappa shape index (κ3) is 5.60. The molecule has 0 aromatic heterocycles. The molecule has 1 amide bonds. The second kappa shape index (κ2) is 7.54. The van der Waals surface area contributed by atoms with Crippen molar-refractivity contribution in [2.45, 2.75) is 32.2 Å². The third-order valence-electron chi connectivity index (χ3n) is 3.30. The Hall–Kier alpha value is -1.68. The first-order valence-electron chi connectivity index (χ1n) is 6.82. The van der Waals surface area contributed by atoms with Crippen LogP contribution in [0, 0.1) is 5.92 Å². The molecule has 0 radical (unpaired) electrons. The summed E-state index contributed by atoms with van der Waals surface area (Å²) in [6, 6.07) is -1.18. The Morgan fingerprint density at radius 2 is 2.14 bits per heavy atom. The largest absolute Gasteiger partial charge is 0.480 e. The van der Waals surface area contributed by atoms with Crippen molar-refractivity contribution >= 4 is 27.9 Å². The van der Waals surface area contributed by atoms with E-state index < -0.39 is 39.8 Å². The standard InChI is InChI=1S/C12H20N2O7S/c1-2-21-11(16)4-3-9(12(17)18)14-6-8(5-10(14)15)7-22(13,19)20/h8-9H,2-7H2,1H3,(H,17,18)(H2,13,19,20)/t8?,9-/m0/s1. The smallest absolute Gasteiger partial charge is 0.326 e. The molecule has 1 unspecified atom stereocenters. The van der Waals surface area contributed by atoms with Gasteiger partial charge in [0.2, 0.25) is 15.9 Å². The second-order valence-corrected chi connectivity index (χ2v) is 6.80. The minimum atomic E-state index is -3.73. The van der Waals surface area contributed by atoms with Gasteiger partial charge in [0.05, 0.1) is 12.4 Å². The van der Waals surface area contributed by atoms with Gasteiger partial charge in [-0.15, -0.1) is 0 Å². The summed E-state index contributed by atoms with van der Waals surface area (Å²) in [5.41, 5.74) is 0. The number of hydrogen-bond donors (Lipinski definition) is 2. The molecule has 0 aromatic carbocycles. The lowest BCUT2D eigenvalue weighted by Gasteiger charge is -2.24. The molecule has 1 rings (SSSR count). The summed E-state index contributed by atoms with van der Waals surface area (Å²) in [6.45, 7) is 1.82. The van der Waals surface area contributed by atoms with Gasteiger partial charge in [-0.3, -0.25) is 9.59 Å². The molecule has 1 aliphatic rings. The van der Waals surface area contributed by atoms with Crippen LogP contribution in [0.5, 0.6) is 0 Å². The predicted molar refractivity (Wildman–Crippen MR) is 75.1 cm³/mol. The number of ether oxygens (including phenoxy) is 1. The van der Waals surface area contributed by atoms with Gasteiger partial charge in [0.1, 0.15) is 6.04 Å². The van der Waals surface area contributed by atoms with E-state index in [1.807, 2.05) is 0 Å². The number of likely N-dealkylation sites (tertiary alicyclic amines) is 1. The summed E-state index contributed by atoms with van der Waals surface area (Å²) >= 11 is 0. The molecule has 3 N–H and O–H groups in total. The maximum absolute atomic E-state index is 11.9. The van der Waals surface area contributed by atoms with Crippen molar-refractivity contribution in [2.24, 2.45) is 11.1 Å². The second-order valence-electron chi connectivity index (χ2n) is 5.14. The minimum absolute atomic E-state index is 0.00491. The Kier molecular flexibility index (Phi) is 6.30.